The summed E-state index contributed by atoms with van der Waals surface area (Å²) in [6.45, 7) is 6.08. The summed E-state index contributed by atoms with van der Waals surface area (Å²) < 4.78 is 42.9. The number of benzene rings is 1. The molecule has 0 bridgehead atoms. The summed E-state index contributed by atoms with van der Waals surface area (Å²) in [6, 6.07) is 5.16. The van der Waals surface area contributed by atoms with Crippen LogP contribution in [0.2, 0.25) is 0 Å². The lowest BCUT2D eigenvalue weighted by Crippen LogP contribution is -2.36. The van der Waals surface area contributed by atoms with E-state index in [2.05, 4.69) is 0 Å². The van der Waals surface area contributed by atoms with E-state index in [1.54, 1.807) is 17.9 Å². The van der Waals surface area contributed by atoms with Gasteiger partial charge in [0, 0.05) is 12.6 Å². The van der Waals surface area contributed by atoms with Crippen LogP contribution in [0.1, 0.15) is 31.9 Å². The monoisotopic (exact) mass is 303 g/mol. The number of carbonyl (C=O) groups is 1. The molecule has 6 heteroatoms. The van der Waals surface area contributed by atoms with Crippen molar-refractivity contribution in [2.75, 3.05) is 13.2 Å². The third-order valence-electron chi connectivity index (χ3n) is 3.01. The van der Waals surface area contributed by atoms with Gasteiger partial charge in [0.1, 0.15) is 0 Å². The molecule has 0 N–H and O–H groups in total. The van der Waals surface area contributed by atoms with Gasteiger partial charge in [0.15, 0.2) is 0 Å². The molecular weight excluding hydrogens is 283 g/mol. The normalized spacial score (nSPS) is 12.0. The van der Waals surface area contributed by atoms with Gasteiger partial charge in [-0.2, -0.15) is 13.2 Å². The summed E-state index contributed by atoms with van der Waals surface area (Å²) in [7, 11) is 0. The van der Waals surface area contributed by atoms with Crippen LogP contribution in [-0.2, 0) is 22.3 Å². The van der Waals surface area contributed by atoms with Crippen molar-refractivity contribution in [3.05, 3.63) is 35.4 Å². The van der Waals surface area contributed by atoms with E-state index in [4.69, 9.17) is 4.74 Å². The average molecular weight is 303 g/mol. The molecule has 0 heterocycles. The van der Waals surface area contributed by atoms with Gasteiger partial charge >= 0.3 is 12.1 Å². The number of ether oxygens (including phenoxy) is 1. The number of alkyl halides is 3. The zero-order chi connectivity index (χ0) is 16.0. The van der Waals surface area contributed by atoms with E-state index in [0.29, 0.717) is 5.56 Å². The summed E-state index contributed by atoms with van der Waals surface area (Å²) in [4.78, 5) is 13.3. The molecule has 0 saturated carbocycles. The fraction of sp³-hybridized carbons (Fsp3) is 0.533. The van der Waals surface area contributed by atoms with Gasteiger partial charge in [-0.3, -0.25) is 9.69 Å². The molecule has 1 aromatic carbocycles. The minimum absolute atomic E-state index is 0.0175. The Morgan fingerprint density at radius 3 is 2.52 bits per heavy atom. The third kappa shape index (κ3) is 5.75. The smallest absolute Gasteiger partial charge is 0.416 e. The van der Waals surface area contributed by atoms with Crippen LogP contribution in [-0.4, -0.2) is 30.1 Å². The Bertz CT molecular complexity index is 472. The number of nitrogens with zero attached hydrogens (tertiary/aromatic N) is 1. The number of esters is 1. The van der Waals surface area contributed by atoms with E-state index in [9.17, 15) is 18.0 Å². The van der Waals surface area contributed by atoms with Crippen LogP contribution in [0, 0.1) is 0 Å². The van der Waals surface area contributed by atoms with E-state index >= 15 is 0 Å². The molecule has 0 unspecified atom stereocenters. The Morgan fingerprint density at radius 1 is 1.33 bits per heavy atom. The molecule has 0 saturated heterocycles. The minimum atomic E-state index is -4.36. The molecule has 118 valence electrons. The zero-order valence-corrected chi connectivity index (χ0v) is 12.4. The largest absolute Gasteiger partial charge is 0.465 e. The highest BCUT2D eigenvalue weighted by Gasteiger charge is 2.30. The van der Waals surface area contributed by atoms with Crippen LogP contribution in [0.15, 0.2) is 24.3 Å². The van der Waals surface area contributed by atoms with Gasteiger partial charge in [-0.15, -0.1) is 0 Å². The molecule has 0 atom stereocenters. The maximum absolute atomic E-state index is 12.7. The van der Waals surface area contributed by atoms with Gasteiger partial charge in [-0.05, 0) is 32.4 Å². The number of carbonyl (C=O) groups excluding carboxylic acids is 1. The molecule has 0 aromatic heterocycles. The van der Waals surface area contributed by atoms with Crippen LogP contribution in [0.4, 0.5) is 13.2 Å². The second-order valence-corrected chi connectivity index (χ2v) is 5.00. The Morgan fingerprint density at radius 2 is 2.00 bits per heavy atom. The van der Waals surface area contributed by atoms with Crippen molar-refractivity contribution in [1.29, 1.82) is 0 Å². The second kappa shape index (κ2) is 7.45. The van der Waals surface area contributed by atoms with E-state index in [1.807, 2.05) is 13.8 Å². The molecular formula is C15H20F3NO2. The number of rotatable bonds is 6. The topological polar surface area (TPSA) is 29.5 Å². The number of hydrogen-bond acceptors (Lipinski definition) is 3. The highest BCUT2D eigenvalue weighted by Crippen LogP contribution is 2.29. The molecule has 21 heavy (non-hydrogen) atoms. The van der Waals surface area contributed by atoms with Crippen LogP contribution >= 0.6 is 0 Å². The minimum Gasteiger partial charge on any atom is -0.465 e. The molecule has 1 rings (SSSR count). The maximum atomic E-state index is 12.7. The lowest BCUT2D eigenvalue weighted by molar-refractivity contribution is -0.145. The molecule has 1 aromatic rings. The molecule has 0 radical (unpaired) electrons. The van der Waals surface area contributed by atoms with Gasteiger partial charge in [-0.25, -0.2) is 0 Å². The first-order chi connectivity index (χ1) is 9.74. The number of halogens is 3. The summed E-state index contributed by atoms with van der Waals surface area (Å²) in [5.41, 5.74) is -0.164. The van der Waals surface area contributed by atoms with Crippen LogP contribution in [0.25, 0.3) is 0 Å². The Hall–Kier alpha value is -1.56. The fourth-order valence-electron chi connectivity index (χ4n) is 1.87. The second-order valence-electron chi connectivity index (χ2n) is 5.00. The Labute approximate surface area is 122 Å². The van der Waals surface area contributed by atoms with Crippen molar-refractivity contribution < 1.29 is 22.7 Å². The third-order valence-corrected chi connectivity index (χ3v) is 3.01. The van der Waals surface area contributed by atoms with Crippen LogP contribution in [0.3, 0.4) is 0 Å². The van der Waals surface area contributed by atoms with E-state index in [0.717, 1.165) is 12.1 Å². The van der Waals surface area contributed by atoms with Crippen molar-refractivity contribution >= 4 is 5.97 Å². The van der Waals surface area contributed by atoms with Crippen LogP contribution < -0.4 is 0 Å². The number of hydrogen-bond donors (Lipinski definition) is 0. The van der Waals surface area contributed by atoms with Crippen molar-refractivity contribution in [2.45, 2.75) is 39.5 Å². The lowest BCUT2D eigenvalue weighted by atomic mass is 10.1. The standard InChI is InChI=1S/C15H20F3NO2/c1-4-21-14(20)10-19(11(2)3)9-12-6-5-7-13(8-12)15(16,17)18/h5-8,11H,4,9-10H2,1-3H3. The molecule has 0 aliphatic heterocycles. The van der Waals surface area contributed by atoms with Gasteiger partial charge in [0.05, 0.1) is 18.7 Å². The highest BCUT2D eigenvalue weighted by molar-refractivity contribution is 5.71. The molecule has 3 nitrogen and oxygen atoms in total. The molecule has 0 aliphatic rings. The molecule has 0 fully saturated rings. The Balaban J connectivity index is 2.82. The fourth-order valence-corrected chi connectivity index (χ4v) is 1.87. The summed E-state index contributed by atoms with van der Waals surface area (Å²) in [5.74, 6) is -0.377. The quantitative estimate of drug-likeness (QED) is 0.754. The van der Waals surface area contributed by atoms with Crippen molar-refractivity contribution in [2.24, 2.45) is 0 Å². The van der Waals surface area contributed by atoms with Crippen LogP contribution in [0.5, 0.6) is 0 Å². The van der Waals surface area contributed by atoms with Gasteiger partial charge in [0.25, 0.3) is 0 Å². The average Bonchev–Trinajstić information content (AvgIpc) is 2.37. The van der Waals surface area contributed by atoms with Gasteiger partial charge in [0.2, 0.25) is 0 Å². The summed E-state index contributed by atoms with van der Waals surface area (Å²) in [5, 5.41) is 0. The lowest BCUT2D eigenvalue weighted by Gasteiger charge is -2.25. The molecule has 0 amide bonds. The molecule has 0 spiro atoms. The maximum Gasteiger partial charge on any atom is 0.416 e. The van der Waals surface area contributed by atoms with Gasteiger partial charge in [-0.1, -0.05) is 18.2 Å². The van der Waals surface area contributed by atoms with E-state index in [1.165, 1.54) is 6.07 Å². The zero-order valence-electron chi connectivity index (χ0n) is 12.4. The SMILES string of the molecule is CCOC(=O)CN(Cc1cccc(C(F)(F)F)c1)C(C)C. The predicted octanol–water partition coefficient (Wildman–Crippen LogP) is 3.48. The first-order valence-electron chi connectivity index (χ1n) is 6.79. The first-order valence-corrected chi connectivity index (χ1v) is 6.79. The van der Waals surface area contributed by atoms with E-state index in [-0.39, 0.29) is 31.7 Å². The highest BCUT2D eigenvalue weighted by atomic mass is 19.4. The Kier molecular flexibility index (Phi) is 6.20. The summed E-state index contributed by atoms with van der Waals surface area (Å²) >= 11 is 0. The van der Waals surface area contributed by atoms with Gasteiger partial charge < -0.3 is 4.74 Å². The summed E-state index contributed by atoms with van der Waals surface area (Å²) in [6.07, 6.45) is -4.36. The van der Waals surface area contributed by atoms with Crippen molar-refractivity contribution in [3.63, 3.8) is 0 Å². The van der Waals surface area contributed by atoms with Crippen molar-refractivity contribution in [3.8, 4) is 0 Å². The van der Waals surface area contributed by atoms with Crippen molar-refractivity contribution in [1.82, 2.24) is 4.90 Å². The predicted molar refractivity (Wildman–Crippen MR) is 73.6 cm³/mol. The van der Waals surface area contributed by atoms with E-state index < -0.39 is 11.7 Å². The first kappa shape index (κ1) is 17.5. The molecule has 0 aliphatic carbocycles.